The molecule has 0 atom stereocenters. The van der Waals surface area contributed by atoms with E-state index < -0.39 is 24.3 Å². The van der Waals surface area contributed by atoms with Crippen LogP contribution in [-0.4, -0.2) is 83.6 Å². The van der Waals surface area contributed by atoms with E-state index in [1.54, 1.807) is 7.11 Å². The van der Waals surface area contributed by atoms with E-state index in [-0.39, 0.29) is 5.91 Å². The third kappa shape index (κ3) is 9.52. The highest BCUT2D eigenvalue weighted by molar-refractivity contribution is 5.98. The molecule has 2 heterocycles. The van der Waals surface area contributed by atoms with E-state index in [1.807, 2.05) is 48.2 Å². The largest absolute Gasteiger partial charge is 0.497 e. The van der Waals surface area contributed by atoms with Crippen LogP contribution in [-0.2, 0) is 9.59 Å². The minimum atomic E-state index is -5.08. The summed E-state index contributed by atoms with van der Waals surface area (Å²) < 4.78 is 68.8. The number of halogens is 6. The summed E-state index contributed by atoms with van der Waals surface area (Å²) in [5, 5.41) is 15.3. The number of alkyl halides is 6. The lowest BCUT2D eigenvalue weighted by Gasteiger charge is -2.36. The lowest BCUT2D eigenvalue weighted by Crippen LogP contribution is -2.49. The van der Waals surface area contributed by atoms with Crippen LogP contribution in [0, 0.1) is 13.8 Å². The highest BCUT2D eigenvalue weighted by Gasteiger charge is 2.38. The fourth-order valence-electron chi connectivity index (χ4n) is 3.75. The van der Waals surface area contributed by atoms with E-state index in [0.717, 1.165) is 41.1 Å². The molecule has 1 saturated heterocycles. The molecular formula is C27H27F6N3O6. The van der Waals surface area contributed by atoms with Gasteiger partial charge in [-0.15, -0.1) is 0 Å². The number of fused-ring (bicyclic) bond motifs is 1. The molecule has 228 valence electrons. The van der Waals surface area contributed by atoms with Gasteiger partial charge in [-0.1, -0.05) is 17.7 Å². The average Bonchev–Trinajstić information content (AvgIpc) is 2.92. The van der Waals surface area contributed by atoms with Gasteiger partial charge in [0, 0.05) is 43.3 Å². The summed E-state index contributed by atoms with van der Waals surface area (Å²) in [6.45, 7) is 6.97. The number of aromatic nitrogens is 1. The number of anilines is 1. The number of methoxy groups -OCH3 is 1. The molecule has 1 fully saturated rings. The molecular weight excluding hydrogens is 576 g/mol. The van der Waals surface area contributed by atoms with Gasteiger partial charge in [-0.25, -0.2) is 9.59 Å². The maximum absolute atomic E-state index is 13.1. The molecule has 2 aromatic carbocycles. The lowest BCUT2D eigenvalue weighted by molar-refractivity contribution is -0.193. The Morgan fingerprint density at radius 3 is 1.88 bits per heavy atom. The number of piperazine rings is 1. The average molecular weight is 604 g/mol. The number of carboxylic acid groups (broad SMARTS) is 2. The maximum atomic E-state index is 13.1. The first-order chi connectivity index (χ1) is 19.4. The highest BCUT2D eigenvalue weighted by Crippen LogP contribution is 2.24. The molecule has 4 rings (SSSR count). The molecule has 1 aliphatic rings. The number of hydrogen-bond donors (Lipinski definition) is 2. The summed E-state index contributed by atoms with van der Waals surface area (Å²) in [7, 11) is 1.68. The standard InChI is InChI=1S/C23H25N3O2.2C2HF3O2/c1-16-7-8-22-18(13-16)14-21(17(2)24-22)23(27)26-11-9-25(10-12-26)19-5-4-6-20(15-19)28-3;2*3-2(4,5)1(6)7/h4-8,13-15H,9-12H2,1-3H3;2*(H,6,7). The van der Waals surface area contributed by atoms with Crippen LogP contribution in [0.15, 0.2) is 48.5 Å². The van der Waals surface area contributed by atoms with Gasteiger partial charge < -0.3 is 24.7 Å². The van der Waals surface area contributed by atoms with E-state index in [2.05, 4.69) is 28.9 Å². The number of aliphatic carboxylic acids is 2. The van der Waals surface area contributed by atoms with Gasteiger partial charge in [0.1, 0.15) is 5.75 Å². The zero-order valence-corrected chi connectivity index (χ0v) is 22.6. The SMILES string of the molecule is COc1cccc(N2CCN(C(=O)c3cc4cc(C)ccc4nc3C)CC2)c1.O=C(O)C(F)(F)F.O=C(O)C(F)(F)F. The Hall–Kier alpha value is -4.56. The molecule has 9 nitrogen and oxygen atoms in total. The smallest absolute Gasteiger partial charge is 0.490 e. The molecule has 0 unspecified atom stereocenters. The van der Waals surface area contributed by atoms with Gasteiger partial charge in [0.15, 0.2) is 0 Å². The van der Waals surface area contributed by atoms with Crippen molar-refractivity contribution < 1.29 is 55.7 Å². The Balaban J connectivity index is 0.000000367. The molecule has 1 amide bonds. The number of benzene rings is 2. The molecule has 15 heteroatoms. The van der Waals surface area contributed by atoms with Crippen molar-refractivity contribution in [1.82, 2.24) is 9.88 Å². The first kappa shape index (κ1) is 33.6. The van der Waals surface area contributed by atoms with Crippen LogP contribution in [0.4, 0.5) is 32.0 Å². The monoisotopic (exact) mass is 603 g/mol. The van der Waals surface area contributed by atoms with E-state index >= 15 is 0 Å². The number of rotatable bonds is 3. The zero-order chi connectivity index (χ0) is 31.8. The third-order valence-electron chi connectivity index (χ3n) is 5.86. The fourth-order valence-corrected chi connectivity index (χ4v) is 3.75. The van der Waals surface area contributed by atoms with Crippen LogP contribution in [0.1, 0.15) is 21.6 Å². The molecule has 1 aromatic heterocycles. The van der Waals surface area contributed by atoms with E-state index in [4.69, 9.17) is 24.5 Å². The Morgan fingerprint density at radius 1 is 0.833 bits per heavy atom. The minimum absolute atomic E-state index is 0.0682. The van der Waals surface area contributed by atoms with Gasteiger partial charge in [0.2, 0.25) is 0 Å². The number of nitrogens with zero attached hydrogens (tertiary/aromatic N) is 3. The molecule has 2 N–H and O–H groups in total. The Labute approximate surface area is 235 Å². The number of aryl methyl sites for hydroxylation is 2. The summed E-state index contributed by atoms with van der Waals surface area (Å²) in [5.74, 6) is -4.59. The second kappa shape index (κ2) is 13.9. The van der Waals surface area contributed by atoms with Gasteiger partial charge in [-0.05, 0) is 44.2 Å². The number of hydrogen-bond acceptors (Lipinski definition) is 6. The molecule has 0 radical (unpaired) electrons. The summed E-state index contributed by atoms with van der Waals surface area (Å²) in [6.07, 6.45) is -10.2. The number of carboxylic acids is 2. The number of amides is 1. The van der Waals surface area contributed by atoms with E-state index in [9.17, 15) is 31.1 Å². The predicted octanol–water partition coefficient (Wildman–Crippen LogP) is 5.09. The Kier molecular flexibility index (Phi) is 11.1. The summed E-state index contributed by atoms with van der Waals surface area (Å²) >= 11 is 0. The first-order valence-corrected chi connectivity index (χ1v) is 12.1. The van der Waals surface area contributed by atoms with Crippen molar-refractivity contribution in [2.75, 3.05) is 38.2 Å². The fraction of sp³-hybridized carbons (Fsp3) is 0.333. The van der Waals surface area contributed by atoms with Crippen LogP contribution in [0.3, 0.4) is 0 Å². The van der Waals surface area contributed by atoms with E-state index in [1.165, 1.54) is 5.56 Å². The van der Waals surface area contributed by atoms with Crippen molar-refractivity contribution in [3.63, 3.8) is 0 Å². The van der Waals surface area contributed by atoms with Crippen LogP contribution >= 0.6 is 0 Å². The van der Waals surface area contributed by atoms with Crippen LogP contribution < -0.4 is 9.64 Å². The normalized spacial score (nSPS) is 13.4. The number of ether oxygens (including phenoxy) is 1. The molecule has 0 spiro atoms. The van der Waals surface area contributed by atoms with Gasteiger partial charge in [-0.2, -0.15) is 26.3 Å². The Morgan fingerprint density at radius 2 is 1.38 bits per heavy atom. The van der Waals surface area contributed by atoms with Gasteiger partial charge in [0.05, 0.1) is 23.9 Å². The Bertz CT molecular complexity index is 1400. The second-order valence-corrected chi connectivity index (χ2v) is 8.90. The number of carbonyl (C=O) groups is 3. The van der Waals surface area contributed by atoms with Crippen LogP contribution in [0.25, 0.3) is 10.9 Å². The van der Waals surface area contributed by atoms with Crippen molar-refractivity contribution in [1.29, 1.82) is 0 Å². The molecule has 0 aliphatic carbocycles. The van der Waals surface area contributed by atoms with Crippen molar-refractivity contribution in [2.45, 2.75) is 26.2 Å². The van der Waals surface area contributed by atoms with Gasteiger partial charge in [0.25, 0.3) is 5.91 Å². The van der Waals surface area contributed by atoms with Crippen molar-refractivity contribution >= 4 is 34.4 Å². The molecule has 42 heavy (non-hydrogen) atoms. The van der Waals surface area contributed by atoms with Gasteiger partial charge in [-0.3, -0.25) is 9.78 Å². The van der Waals surface area contributed by atoms with Crippen molar-refractivity contribution in [2.24, 2.45) is 0 Å². The van der Waals surface area contributed by atoms with Crippen molar-refractivity contribution in [3.05, 3.63) is 65.4 Å². The lowest BCUT2D eigenvalue weighted by atomic mass is 10.1. The molecule has 0 bridgehead atoms. The maximum Gasteiger partial charge on any atom is 0.490 e. The predicted molar refractivity (Wildman–Crippen MR) is 140 cm³/mol. The third-order valence-corrected chi connectivity index (χ3v) is 5.86. The number of pyridine rings is 1. The zero-order valence-electron chi connectivity index (χ0n) is 22.6. The summed E-state index contributed by atoms with van der Waals surface area (Å²) in [6, 6.07) is 16.2. The molecule has 0 saturated carbocycles. The summed E-state index contributed by atoms with van der Waals surface area (Å²) in [5.41, 5.74) is 4.72. The molecule has 1 aliphatic heterocycles. The van der Waals surface area contributed by atoms with E-state index in [0.29, 0.717) is 18.7 Å². The van der Waals surface area contributed by atoms with Crippen molar-refractivity contribution in [3.8, 4) is 5.75 Å². The highest BCUT2D eigenvalue weighted by atomic mass is 19.4. The molecule has 3 aromatic rings. The number of carbonyl (C=O) groups excluding carboxylic acids is 1. The second-order valence-electron chi connectivity index (χ2n) is 8.90. The summed E-state index contributed by atoms with van der Waals surface area (Å²) in [4.78, 5) is 39.8. The minimum Gasteiger partial charge on any atom is -0.497 e. The quantitative estimate of drug-likeness (QED) is 0.398. The van der Waals surface area contributed by atoms with Gasteiger partial charge >= 0.3 is 24.3 Å². The topological polar surface area (TPSA) is 120 Å². The van der Waals surface area contributed by atoms with Crippen LogP contribution in [0.5, 0.6) is 5.75 Å². The van der Waals surface area contributed by atoms with Crippen LogP contribution in [0.2, 0.25) is 0 Å². The first-order valence-electron chi connectivity index (χ1n) is 12.1.